The average molecular weight is 513 g/mol. The zero-order valence-electron chi connectivity index (χ0n) is 22.2. The van der Waals surface area contributed by atoms with E-state index in [4.69, 9.17) is 14.2 Å². The van der Waals surface area contributed by atoms with Gasteiger partial charge in [-0.15, -0.1) is 0 Å². The summed E-state index contributed by atoms with van der Waals surface area (Å²) >= 11 is 0. The molecule has 0 N–H and O–H groups in total. The van der Waals surface area contributed by atoms with E-state index in [9.17, 15) is 9.59 Å². The minimum atomic E-state index is -1.11. The largest absolute Gasteiger partial charge is 0.462 e. The molecular weight excluding hydrogens is 476 g/mol. The van der Waals surface area contributed by atoms with E-state index in [2.05, 4.69) is 6.92 Å². The first-order valence-corrected chi connectivity index (χ1v) is 14.1. The fourth-order valence-electron chi connectivity index (χ4n) is 5.59. The van der Waals surface area contributed by atoms with Gasteiger partial charge in [0.25, 0.3) is 0 Å². The molecule has 1 unspecified atom stereocenters. The number of hydrogen-bond acceptors (Lipinski definition) is 5. The summed E-state index contributed by atoms with van der Waals surface area (Å²) in [5.41, 5.74) is 2.08. The van der Waals surface area contributed by atoms with Crippen molar-refractivity contribution in [3.8, 4) is 11.5 Å². The van der Waals surface area contributed by atoms with Crippen molar-refractivity contribution in [3.05, 3.63) is 94.5 Å². The second-order valence-corrected chi connectivity index (χ2v) is 10.2. The molecule has 5 rings (SSSR count). The highest BCUT2D eigenvalue weighted by Crippen LogP contribution is 2.55. The van der Waals surface area contributed by atoms with E-state index in [1.807, 2.05) is 48.5 Å². The van der Waals surface area contributed by atoms with Crippen LogP contribution in [-0.2, 0) is 15.1 Å². The monoisotopic (exact) mass is 512 g/mol. The zero-order chi connectivity index (χ0) is 26.4. The first-order valence-electron chi connectivity index (χ1n) is 14.1. The maximum atomic E-state index is 12.9. The summed E-state index contributed by atoms with van der Waals surface area (Å²) in [5.74, 6) is 0.342. The van der Waals surface area contributed by atoms with E-state index in [-0.39, 0.29) is 11.9 Å². The van der Waals surface area contributed by atoms with Crippen LogP contribution in [-0.4, -0.2) is 18.5 Å². The lowest BCUT2D eigenvalue weighted by molar-refractivity contribution is 0.0223. The van der Waals surface area contributed by atoms with Crippen molar-refractivity contribution in [1.82, 2.24) is 0 Å². The van der Waals surface area contributed by atoms with Crippen LogP contribution >= 0.6 is 0 Å². The third-order valence-electron chi connectivity index (χ3n) is 7.59. The Morgan fingerprint density at radius 3 is 2.13 bits per heavy atom. The van der Waals surface area contributed by atoms with Crippen LogP contribution in [0.15, 0.2) is 66.7 Å². The molecule has 0 fully saturated rings. The molecule has 1 spiro atoms. The summed E-state index contributed by atoms with van der Waals surface area (Å²) in [6.45, 7) is 2.65. The smallest absolute Gasteiger partial charge is 0.340 e. The molecule has 0 bridgehead atoms. The van der Waals surface area contributed by atoms with Gasteiger partial charge in [-0.2, -0.15) is 0 Å². The van der Waals surface area contributed by atoms with Crippen LogP contribution in [0.25, 0.3) is 0 Å². The molecule has 2 aliphatic rings. The van der Waals surface area contributed by atoms with Crippen molar-refractivity contribution >= 4 is 11.9 Å². The minimum Gasteiger partial charge on any atom is -0.462 e. The lowest BCUT2D eigenvalue weighted by Gasteiger charge is -2.36. The van der Waals surface area contributed by atoms with E-state index >= 15 is 0 Å². The number of para-hydroxylation sites is 1. The first-order chi connectivity index (χ1) is 18.6. The Morgan fingerprint density at radius 2 is 1.37 bits per heavy atom. The van der Waals surface area contributed by atoms with Crippen LogP contribution in [0.1, 0.15) is 109 Å². The summed E-state index contributed by atoms with van der Waals surface area (Å²) in [6.07, 6.45) is 12.3. The molecule has 2 heterocycles. The number of carbonyl (C=O) groups is 2. The lowest BCUT2D eigenvalue weighted by atomic mass is 9.77. The van der Waals surface area contributed by atoms with Crippen molar-refractivity contribution in [2.75, 3.05) is 6.61 Å². The standard InChI is InChI=1S/C33H36O5/c1-2-3-4-5-6-7-8-9-10-15-22-36-31(34)24-20-21-28-30(23-24)37-29-19-14-13-18-27(29)33(28)26-17-12-11-16-25(26)32(35)38-33/h11-14,16-21,23H,2-10,15,22H2,1H3. The van der Waals surface area contributed by atoms with E-state index in [1.54, 1.807) is 18.2 Å². The second-order valence-electron chi connectivity index (χ2n) is 10.2. The molecule has 1 atom stereocenters. The molecule has 0 saturated heterocycles. The van der Waals surface area contributed by atoms with Gasteiger partial charge in [0.05, 0.1) is 17.7 Å². The van der Waals surface area contributed by atoms with Gasteiger partial charge in [0.15, 0.2) is 5.60 Å². The van der Waals surface area contributed by atoms with E-state index in [1.165, 1.54) is 51.4 Å². The topological polar surface area (TPSA) is 61.8 Å². The maximum absolute atomic E-state index is 12.9. The molecule has 3 aromatic rings. The Bertz CT molecular complexity index is 1300. The Labute approximate surface area is 225 Å². The van der Waals surface area contributed by atoms with Gasteiger partial charge in [-0.3, -0.25) is 0 Å². The van der Waals surface area contributed by atoms with Gasteiger partial charge in [-0.1, -0.05) is 101 Å². The van der Waals surface area contributed by atoms with Crippen LogP contribution in [0.2, 0.25) is 0 Å². The van der Waals surface area contributed by atoms with Crippen LogP contribution in [0.3, 0.4) is 0 Å². The average Bonchev–Trinajstić information content (AvgIpc) is 3.24. The van der Waals surface area contributed by atoms with Gasteiger partial charge >= 0.3 is 11.9 Å². The van der Waals surface area contributed by atoms with Gasteiger partial charge in [0.2, 0.25) is 0 Å². The van der Waals surface area contributed by atoms with Crippen LogP contribution in [0.4, 0.5) is 0 Å². The number of hydrogen-bond donors (Lipinski definition) is 0. The molecule has 0 aromatic heterocycles. The Kier molecular flexibility index (Phi) is 8.11. The van der Waals surface area contributed by atoms with Gasteiger partial charge in [-0.05, 0) is 36.8 Å². The highest BCUT2D eigenvalue weighted by Gasteiger charge is 2.53. The molecular formula is C33H36O5. The molecule has 5 heteroatoms. The van der Waals surface area contributed by atoms with Gasteiger partial charge in [-0.25, -0.2) is 9.59 Å². The van der Waals surface area contributed by atoms with Crippen molar-refractivity contribution in [2.45, 2.75) is 76.7 Å². The minimum absolute atomic E-state index is 0.371. The predicted molar refractivity (Wildman–Crippen MR) is 147 cm³/mol. The fourth-order valence-corrected chi connectivity index (χ4v) is 5.59. The molecule has 0 amide bonds. The normalized spacial score (nSPS) is 16.8. The highest BCUT2D eigenvalue weighted by atomic mass is 16.6. The molecule has 3 aromatic carbocycles. The molecule has 2 aliphatic heterocycles. The van der Waals surface area contributed by atoms with E-state index in [0.29, 0.717) is 34.8 Å². The zero-order valence-corrected chi connectivity index (χ0v) is 22.2. The third-order valence-corrected chi connectivity index (χ3v) is 7.59. The molecule has 0 radical (unpaired) electrons. The fraction of sp³-hybridized carbons (Fsp3) is 0.394. The van der Waals surface area contributed by atoms with Gasteiger partial charge in [0, 0.05) is 16.7 Å². The Balaban J connectivity index is 1.23. The first kappa shape index (κ1) is 26.0. The number of esters is 2. The quantitative estimate of drug-likeness (QED) is 0.180. The molecule has 5 nitrogen and oxygen atoms in total. The summed E-state index contributed by atoms with van der Waals surface area (Å²) in [4.78, 5) is 25.7. The SMILES string of the molecule is CCCCCCCCCCCCOC(=O)c1ccc2c(c1)Oc1ccccc1C21OC(=O)c2ccccc21. The van der Waals surface area contributed by atoms with Gasteiger partial charge in [0.1, 0.15) is 11.5 Å². The van der Waals surface area contributed by atoms with Gasteiger partial charge < -0.3 is 14.2 Å². The summed E-state index contributed by atoms with van der Waals surface area (Å²) < 4.78 is 17.9. The van der Waals surface area contributed by atoms with Crippen LogP contribution in [0, 0.1) is 0 Å². The Morgan fingerprint density at radius 1 is 0.737 bits per heavy atom. The van der Waals surface area contributed by atoms with E-state index in [0.717, 1.165) is 24.0 Å². The highest BCUT2D eigenvalue weighted by molar-refractivity contribution is 5.97. The number of benzene rings is 3. The molecule has 198 valence electrons. The summed E-state index contributed by atoms with van der Waals surface area (Å²) in [5, 5.41) is 0. The number of ether oxygens (including phenoxy) is 3. The van der Waals surface area contributed by atoms with Crippen molar-refractivity contribution in [3.63, 3.8) is 0 Å². The van der Waals surface area contributed by atoms with Crippen LogP contribution in [0.5, 0.6) is 11.5 Å². The number of fused-ring (bicyclic) bond motifs is 6. The third kappa shape index (κ3) is 5.07. The molecule has 0 saturated carbocycles. The van der Waals surface area contributed by atoms with Crippen molar-refractivity contribution < 1.29 is 23.8 Å². The number of unbranched alkanes of at least 4 members (excludes halogenated alkanes) is 9. The number of carbonyl (C=O) groups excluding carboxylic acids is 2. The van der Waals surface area contributed by atoms with Crippen molar-refractivity contribution in [1.29, 1.82) is 0 Å². The lowest BCUT2D eigenvalue weighted by Crippen LogP contribution is -2.33. The van der Waals surface area contributed by atoms with Crippen molar-refractivity contribution in [2.24, 2.45) is 0 Å². The predicted octanol–water partition coefficient (Wildman–Crippen LogP) is 8.33. The number of rotatable bonds is 12. The molecule has 0 aliphatic carbocycles. The molecule has 38 heavy (non-hydrogen) atoms. The van der Waals surface area contributed by atoms with Crippen LogP contribution < -0.4 is 4.74 Å². The summed E-state index contributed by atoms with van der Waals surface area (Å²) in [7, 11) is 0. The Hall–Kier alpha value is -3.60. The summed E-state index contributed by atoms with van der Waals surface area (Å²) in [6, 6.07) is 20.2. The maximum Gasteiger partial charge on any atom is 0.340 e. The van der Waals surface area contributed by atoms with E-state index < -0.39 is 5.60 Å². The second kappa shape index (κ2) is 11.8.